The van der Waals surface area contributed by atoms with Gasteiger partial charge in [-0.15, -0.1) is 0 Å². The predicted molar refractivity (Wildman–Crippen MR) is 84.2 cm³/mol. The second kappa shape index (κ2) is 8.53. The Kier molecular flexibility index (Phi) is 6.72. The van der Waals surface area contributed by atoms with Gasteiger partial charge < -0.3 is 10.5 Å². The summed E-state index contributed by atoms with van der Waals surface area (Å²) in [4.78, 5) is 20.6. The van der Waals surface area contributed by atoms with Crippen molar-refractivity contribution in [3.63, 3.8) is 0 Å². The van der Waals surface area contributed by atoms with Crippen LogP contribution in [0.25, 0.3) is 11.1 Å². The number of para-hydroxylation sites is 1. The highest BCUT2D eigenvalue weighted by atomic mass is 16.6. The Bertz CT molecular complexity index is 627. The molecule has 0 radical (unpaired) electrons. The lowest BCUT2D eigenvalue weighted by atomic mass is 10.0. The first-order valence-corrected chi connectivity index (χ1v) is 6.59. The highest BCUT2D eigenvalue weighted by Crippen LogP contribution is 2.28. The largest absolute Gasteiger partial charge is 0.468 e. The summed E-state index contributed by atoms with van der Waals surface area (Å²) in [7, 11) is 1.31. The van der Waals surface area contributed by atoms with Gasteiger partial charge in [0.05, 0.1) is 17.6 Å². The van der Waals surface area contributed by atoms with E-state index in [4.69, 9.17) is 5.73 Å². The zero-order valence-corrected chi connectivity index (χ0v) is 12.4. The molecular weight excluding hydrogens is 284 g/mol. The minimum Gasteiger partial charge on any atom is -0.468 e. The van der Waals surface area contributed by atoms with E-state index in [9.17, 15) is 14.9 Å². The average molecular weight is 302 g/mol. The number of benzene rings is 2. The van der Waals surface area contributed by atoms with Crippen LogP contribution in [0.2, 0.25) is 0 Å². The molecule has 6 nitrogen and oxygen atoms in total. The Morgan fingerprint density at radius 3 is 2.14 bits per heavy atom. The third-order valence-electron chi connectivity index (χ3n) is 2.76. The van der Waals surface area contributed by atoms with Crippen molar-refractivity contribution in [3.05, 3.63) is 64.7 Å². The molecule has 0 bridgehead atoms. The second-order valence-corrected chi connectivity index (χ2v) is 4.45. The first-order chi connectivity index (χ1) is 10.5. The highest BCUT2D eigenvalue weighted by Gasteiger charge is 2.12. The third-order valence-corrected chi connectivity index (χ3v) is 2.76. The van der Waals surface area contributed by atoms with Crippen LogP contribution in [0.1, 0.15) is 6.92 Å². The number of nitro benzene ring substituents is 1. The maximum absolute atomic E-state index is 10.8. The molecule has 2 N–H and O–H groups in total. The van der Waals surface area contributed by atoms with Gasteiger partial charge in [0.1, 0.15) is 6.04 Å². The van der Waals surface area contributed by atoms with Gasteiger partial charge in [-0.2, -0.15) is 0 Å². The Morgan fingerprint density at radius 1 is 1.14 bits per heavy atom. The normalized spacial score (nSPS) is 10.9. The molecule has 0 saturated carbocycles. The fourth-order valence-electron chi connectivity index (χ4n) is 1.68. The van der Waals surface area contributed by atoms with E-state index in [0.717, 1.165) is 5.56 Å². The SMILES string of the molecule is COC(=O)C(C)N.O=[N+]([O-])c1ccccc1-c1ccccc1. The summed E-state index contributed by atoms with van der Waals surface area (Å²) in [6.07, 6.45) is 0. The van der Waals surface area contributed by atoms with Gasteiger partial charge in [-0.05, 0) is 18.6 Å². The van der Waals surface area contributed by atoms with Crippen molar-refractivity contribution in [2.75, 3.05) is 7.11 Å². The van der Waals surface area contributed by atoms with E-state index in [1.807, 2.05) is 30.3 Å². The summed E-state index contributed by atoms with van der Waals surface area (Å²) in [5, 5.41) is 10.8. The molecule has 0 fully saturated rings. The van der Waals surface area contributed by atoms with Crippen LogP contribution >= 0.6 is 0 Å². The minimum atomic E-state index is -0.495. The molecule has 2 aromatic rings. The molecule has 0 saturated heterocycles. The van der Waals surface area contributed by atoms with Gasteiger partial charge in [0, 0.05) is 6.07 Å². The Morgan fingerprint density at radius 2 is 1.68 bits per heavy atom. The van der Waals surface area contributed by atoms with E-state index in [-0.39, 0.29) is 16.6 Å². The fraction of sp³-hybridized carbons (Fsp3) is 0.188. The lowest BCUT2D eigenvalue weighted by molar-refractivity contribution is -0.384. The second-order valence-electron chi connectivity index (χ2n) is 4.45. The van der Waals surface area contributed by atoms with Gasteiger partial charge in [0.25, 0.3) is 5.69 Å². The summed E-state index contributed by atoms with van der Waals surface area (Å²) in [6.45, 7) is 1.58. The predicted octanol–water partition coefficient (Wildman–Crippen LogP) is 2.77. The monoisotopic (exact) mass is 302 g/mol. The first kappa shape index (κ1) is 17.3. The number of nitrogens with zero attached hydrogens (tertiary/aromatic N) is 1. The summed E-state index contributed by atoms with van der Waals surface area (Å²) in [5.74, 6) is -0.375. The summed E-state index contributed by atoms with van der Waals surface area (Å²) >= 11 is 0. The molecule has 0 aliphatic rings. The van der Waals surface area contributed by atoms with Gasteiger partial charge in [-0.3, -0.25) is 14.9 Å². The van der Waals surface area contributed by atoms with Crippen LogP contribution in [0.15, 0.2) is 54.6 Å². The standard InChI is InChI=1S/C12H9NO2.C4H9NO2/c14-13(15)12-9-5-4-8-11(12)10-6-2-1-3-7-10;1-3(5)4(6)7-2/h1-9H;3H,5H2,1-2H3. The molecule has 116 valence electrons. The van der Waals surface area contributed by atoms with E-state index >= 15 is 0 Å². The van der Waals surface area contributed by atoms with Crippen LogP contribution in [-0.2, 0) is 9.53 Å². The van der Waals surface area contributed by atoms with E-state index in [0.29, 0.717) is 5.56 Å². The average Bonchev–Trinajstić information content (AvgIpc) is 2.55. The molecule has 0 spiro atoms. The number of carbonyl (C=O) groups is 1. The van der Waals surface area contributed by atoms with E-state index in [2.05, 4.69) is 4.74 Å². The smallest absolute Gasteiger partial charge is 0.322 e. The van der Waals surface area contributed by atoms with Crippen molar-refractivity contribution < 1.29 is 14.5 Å². The summed E-state index contributed by atoms with van der Waals surface area (Å²) in [5.41, 5.74) is 6.74. The van der Waals surface area contributed by atoms with Crippen molar-refractivity contribution in [2.45, 2.75) is 13.0 Å². The number of carbonyl (C=O) groups excluding carboxylic acids is 1. The summed E-state index contributed by atoms with van der Waals surface area (Å²) < 4.78 is 4.25. The molecule has 2 aromatic carbocycles. The van der Waals surface area contributed by atoms with Crippen LogP contribution in [-0.4, -0.2) is 24.0 Å². The lowest BCUT2D eigenvalue weighted by Crippen LogP contribution is -2.27. The molecule has 1 unspecified atom stereocenters. The molecule has 0 amide bonds. The van der Waals surface area contributed by atoms with Crippen LogP contribution in [0.3, 0.4) is 0 Å². The minimum absolute atomic E-state index is 0.142. The van der Waals surface area contributed by atoms with Crippen LogP contribution in [0.5, 0.6) is 0 Å². The number of nitrogens with two attached hydrogens (primary N) is 1. The Balaban J connectivity index is 0.000000295. The molecule has 1 atom stereocenters. The fourth-order valence-corrected chi connectivity index (χ4v) is 1.68. The van der Waals surface area contributed by atoms with Gasteiger partial charge >= 0.3 is 5.97 Å². The molecule has 0 aliphatic carbocycles. The zero-order chi connectivity index (χ0) is 16.5. The molecule has 0 aliphatic heterocycles. The molecule has 2 rings (SSSR count). The van der Waals surface area contributed by atoms with Gasteiger partial charge in [0.15, 0.2) is 0 Å². The number of hydrogen-bond acceptors (Lipinski definition) is 5. The number of ether oxygens (including phenoxy) is 1. The molecule has 0 heterocycles. The highest BCUT2D eigenvalue weighted by molar-refractivity contribution is 5.74. The lowest BCUT2D eigenvalue weighted by Gasteiger charge is -2.01. The van der Waals surface area contributed by atoms with Gasteiger partial charge in [-0.1, -0.05) is 42.5 Å². The van der Waals surface area contributed by atoms with Crippen molar-refractivity contribution in [3.8, 4) is 11.1 Å². The first-order valence-electron chi connectivity index (χ1n) is 6.59. The van der Waals surface area contributed by atoms with E-state index in [1.165, 1.54) is 13.2 Å². The quantitative estimate of drug-likeness (QED) is 0.534. The number of methoxy groups -OCH3 is 1. The van der Waals surface area contributed by atoms with Crippen LogP contribution in [0.4, 0.5) is 5.69 Å². The van der Waals surface area contributed by atoms with Crippen molar-refractivity contribution >= 4 is 11.7 Å². The van der Waals surface area contributed by atoms with Crippen LogP contribution < -0.4 is 5.73 Å². The summed E-state index contributed by atoms with van der Waals surface area (Å²) in [6, 6.07) is 15.6. The van der Waals surface area contributed by atoms with E-state index in [1.54, 1.807) is 25.1 Å². The molecule has 22 heavy (non-hydrogen) atoms. The maximum Gasteiger partial charge on any atom is 0.322 e. The number of nitro groups is 1. The van der Waals surface area contributed by atoms with Crippen molar-refractivity contribution in [2.24, 2.45) is 5.73 Å². The third kappa shape index (κ3) is 4.99. The zero-order valence-electron chi connectivity index (χ0n) is 12.4. The number of hydrogen-bond donors (Lipinski definition) is 1. The number of rotatable bonds is 3. The maximum atomic E-state index is 10.8. The molecule has 6 heteroatoms. The number of esters is 1. The Hall–Kier alpha value is -2.73. The van der Waals surface area contributed by atoms with Crippen molar-refractivity contribution in [1.82, 2.24) is 0 Å². The van der Waals surface area contributed by atoms with Gasteiger partial charge in [-0.25, -0.2) is 0 Å². The van der Waals surface area contributed by atoms with Gasteiger partial charge in [0.2, 0.25) is 0 Å². The molecular formula is C16H18N2O4. The van der Waals surface area contributed by atoms with E-state index < -0.39 is 6.04 Å². The van der Waals surface area contributed by atoms with Crippen LogP contribution in [0, 0.1) is 10.1 Å². The molecule has 0 aromatic heterocycles. The Labute approximate surface area is 128 Å². The topological polar surface area (TPSA) is 95.5 Å². The van der Waals surface area contributed by atoms with Crippen molar-refractivity contribution in [1.29, 1.82) is 0 Å².